The number of thiol groups is 1. The highest BCUT2D eigenvalue weighted by molar-refractivity contribution is 7.80. The van der Waals surface area contributed by atoms with E-state index in [2.05, 4.69) is 12.6 Å². The molecule has 0 spiro atoms. The Hall–Kier alpha value is -0.280. The molecule has 0 saturated carbocycles. The lowest BCUT2D eigenvalue weighted by Crippen LogP contribution is -1.81. The minimum atomic E-state index is 0. The molecule has 0 aliphatic rings. The molecule has 0 heterocycles. The molecule has 0 saturated heterocycles. The van der Waals surface area contributed by atoms with Crippen molar-refractivity contribution in [3.8, 4) is 5.75 Å². The highest BCUT2D eigenvalue weighted by Gasteiger charge is 1.91. The van der Waals surface area contributed by atoms with E-state index in [0.29, 0.717) is 0 Å². The lowest BCUT2D eigenvalue weighted by molar-refractivity contribution is 0.405. The van der Waals surface area contributed by atoms with Crippen molar-refractivity contribution in [2.75, 3.05) is 7.11 Å². The van der Waals surface area contributed by atoms with Crippen molar-refractivity contribution < 1.29 is 4.74 Å². The van der Waals surface area contributed by atoms with Gasteiger partial charge in [-0.25, -0.2) is 0 Å². The third-order valence-corrected chi connectivity index (χ3v) is 1.45. The van der Waals surface area contributed by atoms with Gasteiger partial charge in [-0.2, -0.15) is 13.5 Å². The molecule has 1 rings (SSSR count). The Balaban J connectivity index is 0.000000810. The van der Waals surface area contributed by atoms with Gasteiger partial charge in [-0.1, -0.05) is 12.1 Å². The van der Waals surface area contributed by atoms with E-state index in [1.165, 1.54) is 0 Å². The van der Waals surface area contributed by atoms with E-state index in [0.717, 1.165) is 10.6 Å². The summed E-state index contributed by atoms with van der Waals surface area (Å²) in [5.41, 5.74) is 0. The molecule has 0 fully saturated rings. The molecule has 0 atom stereocenters. The normalized spacial score (nSPS) is 8.20. The monoisotopic (exact) mass is 174 g/mol. The van der Waals surface area contributed by atoms with Crippen LogP contribution in [0.4, 0.5) is 0 Å². The summed E-state index contributed by atoms with van der Waals surface area (Å²) >= 11 is 4.15. The molecule has 0 aliphatic carbocycles. The average molecular weight is 174 g/mol. The van der Waals surface area contributed by atoms with Crippen LogP contribution in [-0.4, -0.2) is 7.11 Å². The number of hydrogen-bond donors (Lipinski definition) is 1. The highest BCUT2D eigenvalue weighted by atomic mass is 32.1. The van der Waals surface area contributed by atoms with Crippen LogP contribution in [0.1, 0.15) is 0 Å². The number of benzene rings is 1. The fourth-order valence-electron chi connectivity index (χ4n) is 0.630. The summed E-state index contributed by atoms with van der Waals surface area (Å²) in [5, 5.41) is 0. The third-order valence-electron chi connectivity index (χ3n) is 1.09. The second-order valence-corrected chi connectivity index (χ2v) is 2.15. The molecule has 0 aliphatic heterocycles. The van der Waals surface area contributed by atoms with Crippen LogP contribution in [0.25, 0.3) is 0 Å². The van der Waals surface area contributed by atoms with Gasteiger partial charge in [0.2, 0.25) is 0 Å². The quantitative estimate of drug-likeness (QED) is 0.641. The van der Waals surface area contributed by atoms with Gasteiger partial charge >= 0.3 is 0 Å². The molecule has 0 radical (unpaired) electrons. The van der Waals surface area contributed by atoms with Gasteiger partial charge in [-0.3, -0.25) is 0 Å². The van der Waals surface area contributed by atoms with Crippen LogP contribution in [0.5, 0.6) is 5.75 Å². The molecule has 56 valence electrons. The van der Waals surface area contributed by atoms with E-state index in [1.54, 1.807) is 7.11 Å². The van der Waals surface area contributed by atoms with Crippen LogP contribution in [0.2, 0.25) is 0 Å². The zero-order valence-electron chi connectivity index (χ0n) is 5.66. The first kappa shape index (κ1) is 9.72. The molecule has 0 bridgehead atoms. The van der Waals surface area contributed by atoms with E-state index in [4.69, 9.17) is 4.74 Å². The Labute approximate surface area is 73.3 Å². The third kappa shape index (κ3) is 2.15. The fourth-order valence-corrected chi connectivity index (χ4v) is 0.882. The number of para-hydroxylation sites is 1. The van der Waals surface area contributed by atoms with Crippen LogP contribution in [-0.2, 0) is 0 Å². The predicted molar refractivity (Wildman–Crippen MR) is 50.6 cm³/mol. The van der Waals surface area contributed by atoms with Crippen molar-refractivity contribution in [3.63, 3.8) is 0 Å². The van der Waals surface area contributed by atoms with Crippen LogP contribution in [0.3, 0.4) is 0 Å². The first-order valence-corrected chi connectivity index (χ1v) is 3.11. The van der Waals surface area contributed by atoms with E-state index in [9.17, 15) is 0 Å². The summed E-state index contributed by atoms with van der Waals surface area (Å²) < 4.78 is 4.97. The van der Waals surface area contributed by atoms with Crippen molar-refractivity contribution in [2.45, 2.75) is 4.90 Å². The molecular weight excluding hydrogens is 164 g/mol. The maximum absolute atomic E-state index is 4.97. The summed E-state index contributed by atoms with van der Waals surface area (Å²) in [6.07, 6.45) is 0. The standard InChI is InChI=1S/C7H8OS.H2S/c1-8-6-4-2-3-5-7(6)9;/h2-5,9H,1H3;1H2. The van der Waals surface area contributed by atoms with Crippen molar-refractivity contribution in [2.24, 2.45) is 0 Å². The number of ether oxygens (including phenoxy) is 1. The average Bonchev–Trinajstić information content (AvgIpc) is 1.89. The van der Waals surface area contributed by atoms with Gasteiger partial charge in [0.25, 0.3) is 0 Å². The molecule has 0 aromatic heterocycles. The molecule has 3 heteroatoms. The van der Waals surface area contributed by atoms with Crippen LogP contribution in [0, 0.1) is 0 Å². The number of hydrogen-bond acceptors (Lipinski definition) is 2. The number of rotatable bonds is 1. The first-order valence-electron chi connectivity index (χ1n) is 2.66. The van der Waals surface area contributed by atoms with Crippen molar-refractivity contribution >= 4 is 26.1 Å². The van der Waals surface area contributed by atoms with Crippen molar-refractivity contribution in [1.29, 1.82) is 0 Å². The maximum Gasteiger partial charge on any atom is 0.132 e. The van der Waals surface area contributed by atoms with Crippen molar-refractivity contribution in [3.05, 3.63) is 24.3 Å². The molecular formula is C7H10OS2. The van der Waals surface area contributed by atoms with E-state index in [-0.39, 0.29) is 13.5 Å². The zero-order valence-corrected chi connectivity index (χ0v) is 7.56. The summed E-state index contributed by atoms with van der Waals surface area (Å²) in [7, 11) is 1.63. The Morgan fingerprint density at radius 3 is 2.30 bits per heavy atom. The van der Waals surface area contributed by atoms with Gasteiger partial charge in [-0.05, 0) is 12.1 Å². The van der Waals surface area contributed by atoms with Gasteiger partial charge in [0.1, 0.15) is 5.75 Å². The molecule has 1 aromatic rings. The molecule has 0 unspecified atom stereocenters. The van der Waals surface area contributed by atoms with Gasteiger partial charge in [0, 0.05) is 4.90 Å². The van der Waals surface area contributed by atoms with Gasteiger partial charge in [0.15, 0.2) is 0 Å². The maximum atomic E-state index is 4.97. The molecule has 10 heavy (non-hydrogen) atoms. The lowest BCUT2D eigenvalue weighted by Gasteiger charge is -1.99. The Bertz CT molecular complexity index is 201. The lowest BCUT2D eigenvalue weighted by atomic mass is 10.3. The van der Waals surface area contributed by atoms with E-state index in [1.807, 2.05) is 24.3 Å². The fraction of sp³-hybridized carbons (Fsp3) is 0.143. The topological polar surface area (TPSA) is 9.23 Å². The molecule has 1 aromatic carbocycles. The summed E-state index contributed by atoms with van der Waals surface area (Å²) in [6.45, 7) is 0. The predicted octanol–water partition coefficient (Wildman–Crippen LogP) is 2.10. The van der Waals surface area contributed by atoms with E-state index < -0.39 is 0 Å². The van der Waals surface area contributed by atoms with Gasteiger partial charge in [0.05, 0.1) is 7.11 Å². The Kier molecular flexibility index (Phi) is 4.40. The first-order chi connectivity index (χ1) is 4.34. The molecule has 0 N–H and O–H groups in total. The zero-order chi connectivity index (χ0) is 6.69. The summed E-state index contributed by atoms with van der Waals surface area (Å²) in [5.74, 6) is 0.820. The Morgan fingerprint density at radius 1 is 1.30 bits per heavy atom. The van der Waals surface area contributed by atoms with Crippen molar-refractivity contribution in [1.82, 2.24) is 0 Å². The van der Waals surface area contributed by atoms with Gasteiger partial charge in [-0.15, -0.1) is 12.6 Å². The number of methoxy groups -OCH3 is 1. The van der Waals surface area contributed by atoms with E-state index >= 15 is 0 Å². The van der Waals surface area contributed by atoms with Crippen LogP contribution >= 0.6 is 26.1 Å². The molecule has 0 amide bonds. The molecule has 1 nitrogen and oxygen atoms in total. The second kappa shape index (κ2) is 4.52. The minimum Gasteiger partial charge on any atom is -0.496 e. The summed E-state index contributed by atoms with van der Waals surface area (Å²) in [4.78, 5) is 0.875. The van der Waals surface area contributed by atoms with Gasteiger partial charge < -0.3 is 4.74 Å². The highest BCUT2D eigenvalue weighted by Crippen LogP contribution is 2.19. The second-order valence-electron chi connectivity index (χ2n) is 1.67. The SMILES string of the molecule is COc1ccccc1S.S. The van der Waals surface area contributed by atoms with Crippen LogP contribution < -0.4 is 4.74 Å². The largest absolute Gasteiger partial charge is 0.496 e. The van der Waals surface area contributed by atoms with Crippen LogP contribution in [0.15, 0.2) is 29.2 Å². The summed E-state index contributed by atoms with van der Waals surface area (Å²) in [6, 6.07) is 7.60. The smallest absolute Gasteiger partial charge is 0.132 e. The minimum absolute atomic E-state index is 0. The Morgan fingerprint density at radius 2 is 1.90 bits per heavy atom.